The van der Waals surface area contributed by atoms with Gasteiger partial charge in [-0.2, -0.15) is 0 Å². The van der Waals surface area contributed by atoms with Crippen molar-refractivity contribution in [3.63, 3.8) is 0 Å². The predicted molar refractivity (Wildman–Crippen MR) is 110 cm³/mol. The Bertz CT molecular complexity index is 1040. The van der Waals surface area contributed by atoms with Gasteiger partial charge in [-0.3, -0.25) is 25.1 Å². The van der Waals surface area contributed by atoms with E-state index in [0.29, 0.717) is 25.9 Å². The molecule has 0 aliphatic carbocycles. The lowest BCUT2D eigenvalue weighted by atomic mass is 10.0. The van der Waals surface area contributed by atoms with Crippen LogP contribution in [0.1, 0.15) is 18.4 Å². The fourth-order valence-electron chi connectivity index (χ4n) is 3.84. The number of cyclic esters (lactones) is 1. The van der Waals surface area contributed by atoms with Gasteiger partial charge in [0.05, 0.1) is 33.0 Å². The number of carbonyl (C=O) groups is 1. The Balaban J connectivity index is 1.50. The molecule has 11 nitrogen and oxygen atoms in total. The molecule has 2 aliphatic rings. The molecule has 0 saturated carbocycles. The normalized spacial score (nSPS) is 18.2. The summed E-state index contributed by atoms with van der Waals surface area (Å²) >= 11 is -1.86. The van der Waals surface area contributed by atoms with E-state index < -0.39 is 38.7 Å². The Morgan fingerprint density at radius 1 is 1.03 bits per heavy atom. The van der Waals surface area contributed by atoms with Crippen molar-refractivity contribution in [3.05, 3.63) is 68.3 Å². The van der Waals surface area contributed by atoms with Crippen LogP contribution in [0.15, 0.2) is 47.4 Å². The van der Waals surface area contributed by atoms with Gasteiger partial charge in [0.2, 0.25) is 0 Å². The zero-order valence-corrected chi connectivity index (χ0v) is 17.0. The standard InChI is InChI=1S/C19H18N4O7S/c24-19-21(16-4-2-1-3-13(16)12-30-19)14-7-9-20(10-8-14)31(29)18-6-5-15(22(25)26)11-17(18)23(27)28/h1-6,11,14H,7-10,12H2. The third-order valence-corrected chi connectivity index (χ3v) is 6.92. The zero-order chi connectivity index (χ0) is 22.1. The Morgan fingerprint density at radius 2 is 1.74 bits per heavy atom. The Morgan fingerprint density at radius 3 is 2.42 bits per heavy atom. The van der Waals surface area contributed by atoms with Crippen molar-refractivity contribution < 1.29 is 23.9 Å². The average Bonchev–Trinajstić information content (AvgIpc) is 2.78. The van der Waals surface area contributed by atoms with E-state index in [1.54, 1.807) is 9.21 Å². The predicted octanol–water partition coefficient (Wildman–Crippen LogP) is 3.15. The first-order valence-corrected chi connectivity index (χ1v) is 10.6. The van der Waals surface area contributed by atoms with E-state index in [4.69, 9.17) is 4.74 Å². The fraction of sp³-hybridized carbons (Fsp3) is 0.316. The lowest BCUT2D eigenvalue weighted by Crippen LogP contribution is -2.50. The van der Waals surface area contributed by atoms with Gasteiger partial charge in [-0.1, -0.05) is 18.2 Å². The number of hydrogen-bond acceptors (Lipinski definition) is 8. The average molecular weight is 446 g/mol. The summed E-state index contributed by atoms with van der Waals surface area (Å²) in [7, 11) is 0. The summed E-state index contributed by atoms with van der Waals surface area (Å²) in [5.74, 6) is 0. The van der Waals surface area contributed by atoms with Crippen LogP contribution in [0.25, 0.3) is 0 Å². The zero-order valence-electron chi connectivity index (χ0n) is 16.2. The number of nitrogens with zero attached hydrogens (tertiary/aromatic N) is 4. The van der Waals surface area contributed by atoms with Crippen LogP contribution in [0.5, 0.6) is 0 Å². The molecular weight excluding hydrogens is 428 g/mol. The molecule has 12 heteroatoms. The van der Waals surface area contributed by atoms with Crippen molar-refractivity contribution in [2.75, 3.05) is 18.0 Å². The molecule has 0 aromatic heterocycles. The minimum atomic E-state index is -1.86. The van der Waals surface area contributed by atoms with Crippen molar-refractivity contribution in [1.82, 2.24) is 4.31 Å². The molecule has 2 aliphatic heterocycles. The highest BCUT2D eigenvalue weighted by molar-refractivity contribution is 7.89. The van der Waals surface area contributed by atoms with Gasteiger partial charge in [-0.25, -0.2) is 4.79 Å². The van der Waals surface area contributed by atoms with Gasteiger partial charge in [0.25, 0.3) is 10.6 Å². The Hall–Kier alpha value is -3.22. The van der Waals surface area contributed by atoms with Crippen molar-refractivity contribution in [2.24, 2.45) is 0 Å². The molecule has 4 rings (SSSR count). The lowest BCUT2D eigenvalue weighted by molar-refractivity contribution is -0.396. The van der Waals surface area contributed by atoms with Crippen molar-refractivity contribution >= 4 is 34.5 Å². The molecule has 0 N–H and O–H groups in total. The van der Waals surface area contributed by atoms with E-state index in [1.807, 2.05) is 24.3 Å². The maximum absolute atomic E-state index is 13.0. The number of nitro benzene ring substituents is 2. The molecule has 0 radical (unpaired) electrons. The number of carbonyl (C=O) groups excluding carboxylic acids is 1. The summed E-state index contributed by atoms with van der Waals surface area (Å²) in [6.45, 7) is 0.882. The lowest BCUT2D eigenvalue weighted by Gasteiger charge is -2.39. The second-order valence-corrected chi connectivity index (χ2v) is 8.58. The maximum atomic E-state index is 13.0. The van der Waals surface area contributed by atoms with E-state index in [9.17, 15) is 29.6 Å². The number of benzene rings is 2. The van der Waals surface area contributed by atoms with E-state index in [-0.39, 0.29) is 17.5 Å². The van der Waals surface area contributed by atoms with Crippen LogP contribution in [0.2, 0.25) is 0 Å². The van der Waals surface area contributed by atoms with Gasteiger partial charge in [-0.05, 0) is 18.9 Å². The van der Waals surface area contributed by atoms with Crippen LogP contribution in [-0.4, -0.2) is 43.9 Å². The summed E-state index contributed by atoms with van der Waals surface area (Å²) in [5.41, 5.74) is 0.718. The van der Waals surface area contributed by atoms with Gasteiger partial charge >= 0.3 is 11.8 Å². The Kier molecular flexibility index (Phi) is 5.76. The second-order valence-electron chi connectivity index (χ2n) is 7.13. The van der Waals surface area contributed by atoms with Gasteiger partial charge in [-0.15, -0.1) is 4.31 Å². The first kappa shape index (κ1) is 21.0. The molecule has 1 atom stereocenters. The number of rotatable bonds is 5. The minimum Gasteiger partial charge on any atom is -0.593 e. The van der Waals surface area contributed by atoms with E-state index in [0.717, 1.165) is 29.4 Å². The fourth-order valence-corrected chi connectivity index (χ4v) is 5.15. The van der Waals surface area contributed by atoms with Gasteiger partial charge < -0.3 is 9.29 Å². The van der Waals surface area contributed by atoms with Gasteiger partial charge in [0.15, 0.2) is 0 Å². The molecule has 1 unspecified atom stereocenters. The molecule has 0 spiro atoms. The molecule has 2 aromatic carbocycles. The van der Waals surface area contributed by atoms with E-state index in [1.165, 1.54) is 0 Å². The summed E-state index contributed by atoms with van der Waals surface area (Å²) in [5, 5.41) is 22.3. The summed E-state index contributed by atoms with van der Waals surface area (Å²) in [6.07, 6.45) is 0.565. The van der Waals surface area contributed by atoms with E-state index >= 15 is 0 Å². The number of ether oxygens (including phenoxy) is 1. The number of non-ortho nitro benzene ring substituents is 1. The number of nitro groups is 2. The molecule has 1 saturated heterocycles. The highest BCUT2D eigenvalue weighted by atomic mass is 32.2. The largest absolute Gasteiger partial charge is 0.593 e. The van der Waals surface area contributed by atoms with Crippen LogP contribution in [0.3, 0.4) is 0 Å². The number of hydrogen-bond donors (Lipinski definition) is 0. The van der Waals surface area contributed by atoms with Crippen LogP contribution in [0, 0.1) is 20.2 Å². The number of para-hydroxylation sites is 1. The third-order valence-electron chi connectivity index (χ3n) is 5.36. The Labute approximate surface area is 179 Å². The highest BCUT2D eigenvalue weighted by Gasteiger charge is 2.39. The molecule has 31 heavy (non-hydrogen) atoms. The van der Waals surface area contributed by atoms with Crippen molar-refractivity contribution in [3.8, 4) is 0 Å². The first-order valence-electron chi connectivity index (χ1n) is 9.50. The molecule has 0 bridgehead atoms. The van der Waals surface area contributed by atoms with Crippen LogP contribution in [0.4, 0.5) is 21.9 Å². The SMILES string of the molecule is O=C1OCc2ccccc2N1C1CCN([S+]([O-])c2ccc([N+](=O)[O-])cc2[N+](=O)[O-])CC1. The highest BCUT2D eigenvalue weighted by Crippen LogP contribution is 2.35. The quantitative estimate of drug-likeness (QED) is 0.387. The number of anilines is 1. The second kappa shape index (κ2) is 8.49. The summed E-state index contributed by atoms with van der Waals surface area (Å²) in [4.78, 5) is 34.7. The minimum absolute atomic E-state index is 0.0863. The molecule has 2 aromatic rings. The van der Waals surface area contributed by atoms with E-state index in [2.05, 4.69) is 0 Å². The number of amides is 1. The molecule has 1 fully saturated rings. The molecule has 2 heterocycles. The third kappa shape index (κ3) is 4.04. The maximum Gasteiger partial charge on any atom is 0.414 e. The summed E-state index contributed by atoms with van der Waals surface area (Å²) < 4.78 is 19.9. The smallest absolute Gasteiger partial charge is 0.414 e. The molecule has 1 amide bonds. The van der Waals surface area contributed by atoms with Crippen molar-refractivity contribution in [2.45, 2.75) is 30.4 Å². The monoisotopic (exact) mass is 446 g/mol. The van der Waals surface area contributed by atoms with Crippen LogP contribution >= 0.6 is 0 Å². The number of fused-ring (bicyclic) bond motifs is 1. The molecule has 162 valence electrons. The van der Waals surface area contributed by atoms with Gasteiger partial charge in [0.1, 0.15) is 6.61 Å². The topological polar surface area (TPSA) is 142 Å². The number of piperidine rings is 1. The van der Waals surface area contributed by atoms with Crippen molar-refractivity contribution in [1.29, 1.82) is 0 Å². The van der Waals surface area contributed by atoms with Gasteiger partial charge in [0, 0.05) is 36.8 Å². The van der Waals surface area contributed by atoms with Crippen LogP contribution in [-0.2, 0) is 22.7 Å². The van der Waals surface area contributed by atoms with Crippen LogP contribution < -0.4 is 4.90 Å². The first-order chi connectivity index (χ1) is 14.9. The summed E-state index contributed by atoms with van der Waals surface area (Å²) in [6, 6.07) is 10.4. The molecular formula is C19H18N4O7S.